The van der Waals surface area contributed by atoms with Gasteiger partial charge in [-0.2, -0.15) is 0 Å². The normalized spacial score (nSPS) is 23.3. The Morgan fingerprint density at radius 1 is 1.21 bits per heavy atom. The van der Waals surface area contributed by atoms with Gasteiger partial charge in [-0.05, 0) is 32.1 Å². The average Bonchev–Trinajstić information content (AvgIpc) is 3.10. The molecule has 3 N–H and O–H groups in total. The van der Waals surface area contributed by atoms with E-state index in [1.165, 1.54) is 12.8 Å². The van der Waals surface area contributed by atoms with Crippen molar-refractivity contribution in [3.8, 4) is 0 Å². The van der Waals surface area contributed by atoms with Crippen molar-refractivity contribution >= 4 is 12.0 Å². The fourth-order valence-corrected chi connectivity index (χ4v) is 2.52. The summed E-state index contributed by atoms with van der Waals surface area (Å²) in [5.74, 6) is -0.782. The molecule has 2 amide bonds. The topological polar surface area (TPSA) is 81.7 Å². The summed E-state index contributed by atoms with van der Waals surface area (Å²) in [6.45, 7) is 2.60. The van der Waals surface area contributed by atoms with E-state index < -0.39 is 5.97 Å². The molecule has 2 aliphatic rings. The molecule has 0 spiro atoms. The van der Waals surface area contributed by atoms with E-state index >= 15 is 0 Å². The number of carboxylic acids is 1. The number of urea groups is 1. The van der Waals surface area contributed by atoms with Crippen molar-refractivity contribution in [2.45, 2.75) is 50.6 Å². The van der Waals surface area contributed by atoms with Crippen molar-refractivity contribution in [2.24, 2.45) is 0 Å². The van der Waals surface area contributed by atoms with Gasteiger partial charge in [-0.15, -0.1) is 0 Å². The van der Waals surface area contributed by atoms with Crippen LogP contribution < -0.4 is 10.6 Å². The first kappa shape index (κ1) is 14.1. The van der Waals surface area contributed by atoms with Crippen LogP contribution in [0.5, 0.6) is 0 Å². The molecule has 1 aliphatic heterocycles. The van der Waals surface area contributed by atoms with E-state index in [9.17, 15) is 9.59 Å². The second-order valence-electron chi connectivity index (χ2n) is 5.46. The summed E-state index contributed by atoms with van der Waals surface area (Å²) in [5.41, 5.74) is 0. The Labute approximate surface area is 113 Å². The first-order valence-electron chi connectivity index (χ1n) is 7.15. The molecule has 1 heterocycles. The molecular formula is C13H23N3O3. The Bertz CT molecular complexity index is 331. The van der Waals surface area contributed by atoms with Crippen molar-refractivity contribution < 1.29 is 14.7 Å². The van der Waals surface area contributed by atoms with Gasteiger partial charge in [0.2, 0.25) is 0 Å². The minimum Gasteiger partial charge on any atom is -0.481 e. The van der Waals surface area contributed by atoms with E-state index in [1.807, 2.05) is 0 Å². The van der Waals surface area contributed by atoms with Crippen molar-refractivity contribution in [1.82, 2.24) is 15.5 Å². The highest BCUT2D eigenvalue weighted by Gasteiger charge is 2.34. The van der Waals surface area contributed by atoms with Crippen molar-refractivity contribution in [3.05, 3.63) is 0 Å². The van der Waals surface area contributed by atoms with Crippen molar-refractivity contribution in [2.75, 3.05) is 19.6 Å². The number of hydrogen-bond acceptors (Lipinski definition) is 3. The molecule has 1 saturated heterocycles. The Hall–Kier alpha value is -1.30. The number of hydrogen-bond donors (Lipinski definition) is 3. The lowest BCUT2D eigenvalue weighted by Gasteiger charge is -2.16. The molecule has 2 rings (SSSR count). The summed E-state index contributed by atoms with van der Waals surface area (Å²) in [5, 5.41) is 14.2. The standard InChI is InChI=1S/C13H23N3O3/c17-12(18)3-1-2-7-14-13(19)15-10-6-8-16(9-10)11-4-5-11/h10-11H,1-9H2,(H,17,18)(H2,14,15,19). The van der Waals surface area contributed by atoms with Crippen LogP contribution in [-0.4, -0.2) is 53.7 Å². The molecular weight excluding hydrogens is 246 g/mol. The van der Waals surface area contributed by atoms with Crippen LogP contribution in [0.2, 0.25) is 0 Å². The second-order valence-corrected chi connectivity index (χ2v) is 5.46. The second kappa shape index (κ2) is 6.75. The van der Waals surface area contributed by atoms with Gasteiger partial charge < -0.3 is 15.7 Å². The third-order valence-electron chi connectivity index (χ3n) is 3.72. The van der Waals surface area contributed by atoms with Crippen LogP contribution in [0.4, 0.5) is 4.79 Å². The molecule has 6 nitrogen and oxygen atoms in total. The molecule has 108 valence electrons. The van der Waals surface area contributed by atoms with Gasteiger partial charge in [0, 0.05) is 38.1 Å². The van der Waals surface area contributed by atoms with Crippen LogP contribution in [0.1, 0.15) is 38.5 Å². The zero-order chi connectivity index (χ0) is 13.7. The highest BCUT2D eigenvalue weighted by Crippen LogP contribution is 2.29. The van der Waals surface area contributed by atoms with Gasteiger partial charge >= 0.3 is 12.0 Å². The number of carbonyl (C=O) groups is 2. The molecule has 0 aromatic heterocycles. The van der Waals surface area contributed by atoms with Gasteiger partial charge in [0.05, 0.1) is 0 Å². The maximum absolute atomic E-state index is 11.6. The highest BCUT2D eigenvalue weighted by atomic mass is 16.4. The SMILES string of the molecule is O=C(O)CCCCNC(=O)NC1CCN(C2CC2)C1. The maximum atomic E-state index is 11.6. The number of rotatable bonds is 7. The predicted octanol–water partition coefficient (Wildman–Crippen LogP) is 0.777. The predicted molar refractivity (Wildman–Crippen MR) is 71.0 cm³/mol. The van der Waals surface area contributed by atoms with Crippen LogP contribution in [0.3, 0.4) is 0 Å². The summed E-state index contributed by atoms with van der Waals surface area (Å²) in [7, 11) is 0. The number of carboxylic acid groups (broad SMARTS) is 1. The van der Waals surface area contributed by atoms with Crippen LogP contribution in [0.25, 0.3) is 0 Å². The zero-order valence-electron chi connectivity index (χ0n) is 11.2. The molecule has 1 unspecified atom stereocenters. The van der Waals surface area contributed by atoms with Gasteiger partial charge in [-0.25, -0.2) is 4.79 Å². The van der Waals surface area contributed by atoms with Gasteiger partial charge in [0.25, 0.3) is 0 Å². The zero-order valence-corrected chi connectivity index (χ0v) is 11.2. The fourth-order valence-electron chi connectivity index (χ4n) is 2.52. The molecule has 0 radical (unpaired) electrons. The molecule has 0 aromatic rings. The number of aliphatic carboxylic acids is 1. The molecule has 1 aliphatic carbocycles. The highest BCUT2D eigenvalue weighted by molar-refractivity contribution is 5.74. The van der Waals surface area contributed by atoms with E-state index in [2.05, 4.69) is 15.5 Å². The number of likely N-dealkylation sites (tertiary alicyclic amines) is 1. The van der Waals surface area contributed by atoms with Crippen molar-refractivity contribution in [1.29, 1.82) is 0 Å². The lowest BCUT2D eigenvalue weighted by atomic mass is 10.2. The monoisotopic (exact) mass is 269 g/mol. The van der Waals surface area contributed by atoms with Crippen LogP contribution in [0, 0.1) is 0 Å². The van der Waals surface area contributed by atoms with Crippen molar-refractivity contribution in [3.63, 3.8) is 0 Å². The smallest absolute Gasteiger partial charge is 0.315 e. The maximum Gasteiger partial charge on any atom is 0.315 e. The van der Waals surface area contributed by atoms with E-state index in [4.69, 9.17) is 5.11 Å². The Morgan fingerprint density at radius 2 is 2.00 bits per heavy atom. The summed E-state index contributed by atoms with van der Waals surface area (Å²) in [4.78, 5) is 24.4. The number of nitrogens with one attached hydrogen (secondary N) is 2. The quantitative estimate of drug-likeness (QED) is 0.596. The number of unbranched alkanes of at least 4 members (excludes halogenated alkanes) is 1. The number of nitrogens with zero attached hydrogens (tertiary/aromatic N) is 1. The minimum absolute atomic E-state index is 0.127. The molecule has 0 aromatic carbocycles. The Kier molecular flexibility index (Phi) is 5.01. The lowest BCUT2D eigenvalue weighted by molar-refractivity contribution is -0.137. The first-order valence-corrected chi connectivity index (χ1v) is 7.15. The van der Waals surface area contributed by atoms with E-state index in [0.717, 1.165) is 25.6 Å². The van der Waals surface area contributed by atoms with E-state index in [1.54, 1.807) is 0 Å². The largest absolute Gasteiger partial charge is 0.481 e. The number of carbonyl (C=O) groups excluding carboxylic acids is 1. The third kappa shape index (κ3) is 5.06. The number of amides is 2. The summed E-state index contributed by atoms with van der Waals surface area (Å²) >= 11 is 0. The Morgan fingerprint density at radius 3 is 2.68 bits per heavy atom. The van der Waals surface area contributed by atoms with Gasteiger partial charge in [-0.1, -0.05) is 0 Å². The summed E-state index contributed by atoms with van der Waals surface area (Å²) < 4.78 is 0. The molecule has 2 fully saturated rings. The molecule has 1 saturated carbocycles. The fraction of sp³-hybridized carbons (Fsp3) is 0.846. The lowest BCUT2D eigenvalue weighted by Crippen LogP contribution is -2.43. The summed E-state index contributed by atoms with van der Waals surface area (Å²) in [6, 6.07) is 0.906. The first-order chi connectivity index (χ1) is 9.15. The molecule has 19 heavy (non-hydrogen) atoms. The minimum atomic E-state index is -0.782. The Balaban J connectivity index is 1.51. The summed E-state index contributed by atoms with van der Waals surface area (Å²) in [6.07, 6.45) is 5.13. The van der Waals surface area contributed by atoms with Crippen LogP contribution in [0.15, 0.2) is 0 Å². The van der Waals surface area contributed by atoms with E-state index in [-0.39, 0.29) is 18.5 Å². The molecule has 0 bridgehead atoms. The van der Waals surface area contributed by atoms with Crippen LogP contribution in [-0.2, 0) is 4.79 Å². The van der Waals surface area contributed by atoms with Gasteiger partial charge in [0.15, 0.2) is 0 Å². The molecule has 1 atom stereocenters. The van der Waals surface area contributed by atoms with Gasteiger partial charge in [-0.3, -0.25) is 9.69 Å². The van der Waals surface area contributed by atoms with E-state index in [0.29, 0.717) is 19.4 Å². The average molecular weight is 269 g/mol. The third-order valence-corrected chi connectivity index (χ3v) is 3.72. The molecule has 6 heteroatoms. The van der Waals surface area contributed by atoms with Crippen LogP contribution >= 0.6 is 0 Å². The van der Waals surface area contributed by atoms with Gasteiger partial charge in [0.1, 0.15) is 0 Å².